The standard InChI is InChI=1S/C19H20N6O2/c26-18(15-5-3-14(4-6-15)17-10-22-24-23-17)21-9-7-13-11-25(12-13)19(27)16-2-1-8-20-16/h1-6,8,10,13,20H,7,9,11-12H2,(H,21,26)(H,22,23,24). The third-order valence-corrected chi connectivity index (χ3v) is 4.77. The van der Waals surface area contributed by atoms with Crippen LogP contribution in [-0.2, 0) is 0 Å². The van der Waals surface area contributed by atoms with Crippen LogP contribution in [0.15, 0.2) is 48.8 Å². The van der Waals surface area contributed by atoms with Crippen LogP contribution in [0.1, 0.15) is 27.3 Å². The highest BCUT2D eigenvalue weighted by Crippen LogP contribution is 2.21. The number of hydrogen-bond acceptors (Lipinski definition) is 4. The molecule has 0 bridgehead atoms. The number of H-pyrrole nitrogens is 2. The summed E-state index contributed by atoms with van der Waals surface area (Å²) in [5.41, 5.74) is 2.88. The fourth-order valence-corrected chi connectivity index (χ4v) is 3.18. The summed E-state index contributed by atoms with van der Waals surface area (Å²) in [6.07, 6.45) is 4.24. The van der Waals surface area contributed by atoms with Crippen molar-refractivity contribution in [1.29, 1.82) is 0 Å². The number of carbonyl (C=O) groups is 2. The highest BCUT2D eigenvalue weighted by Gasteiger charge is 2.31. The predicted molar refractivity (Wildman–Crippen MR) is 99.0 cm³/mol. The summed E-state index contributed by atoms with van der Waals surface area (Å²) in [6, 6.07) is 10.9. The molecule has 8 heteroatoms. The monoisotopic (exact) mass is 364 g/mol. The minimum absolute atomic E-state index is 0.0347. The van der Waals surface area contributed by atoms with Gasteiger partial charge in [-0.05, 0) is 36.6 Å². The first-order valence-electron chi connectivity index (χ1n) is 8.88. The maximum absolute atomic E-state index is 12.2. The molecule has 1 aliphatic heterocycles. The van der Waals surface area contributed by atoms with Gasteiger partial charge < -0.3 is 15.2 Å². The minimum atomic E-state index is -0.0969. The molecule has 0 unspecified atom stereocenters. The van der Waals surface area contributed by atoms with Crippen molar-refractivity contribution in [2.45, 2.75) is 6.42 Å². The molecule has 0 saturated carbocycles. The van der Waals surface area contributed by atoms with Crippen molar-refractivity contribution in [2.24, 2.45) is 5.92 Å². The molecule has 3 N–H and O–H groups in total. The number of nitrogens with one attached hydrogen (secondary N) is 3. The second-order valence-corrected chi connectivity index (χ2v) is 6.64. The van der Waals surface area contributed by atoms with Crippen LogP contribution in [0.3, 0.4) is 0 Å². The van der Waals surface area contributed by atoms with Crippen molar-refractivity contribution in [3.05, 3.63) is 60.0 Å². The summed E-state index contributed by atoms with van der Waals surface area (Å²) in [5, 5.41) is 13.3. The van der Waals surface area contributed by atoms with Crippen molar-refractivity contribution in [2.75, 3.05) is 19.6 Å². The Labute approximate surface area is 156 Å². The molecule has 3 heterocycles. The van der Waals surface area contributed by atoms with Crippen molar-refractivity contribution >= 4 is 11.8 Å². The number of rotatable bonds is 6. The van der Waals surface area contributed by atoms with E-state index in [0.717, 1.165) is 30.8 Å². The lowest BCUT2D eigenvalue weighted by atomic mass is 9.96. The van der Waals surface area contributed by atoms with Crippen molar-refractivity contribution < 1.29 is 9.59 Å². The van der Waals surface area contributed by atoms with Gasteiger partial charge in [0.2, 0.25) is 0 Å². The Balaban J connectivity index is 1.20. The second kappa shape index (κ2) is 7.45. The molecule has 1 aromatic carbocycles. The van der Waals surface area contributed by atoms with Gasteiger partial charge >= 0.3 is 0 Å². The van der Waals surface area contributed by atoms with Gasteiger partial charge in [0, 0.05) is 37.0 Å². The van der Waals surface area contributed by atoms with Crippen LogP contribution < -0.4 is 5.32 Å². The Hall–Kier alpha value is -3.42. The van der Waals surface area contributed by atoms with E-state index in [2.05, 4.69) is 25.7 Å². The van der Waals surface area contributed by atoms with E-state index in [0.29, 0.717) is 23.7 Å². The van der Waals surface area contributed by atoms with Crippen molar-refractivity contribution in [3.8, 4) is 11.3 Å². The molecule has 2 aromatic heterocycles. The molecule has 4 rings (SSSR count). The van der Waals surface area contributed by atoms with Gasteiger partial charge in [0.25, 0.3) is 11.8 Å². The van der Waals surface area contributed by atoms with Crippen molar-refractivity contribution in [1.82, 2.24) is 30.6 Å². The summed E-state index contributed by atoms with van der Waals surface area (Å²) >= 11 is 0. The van der Waals surface area contributed by atoms with E-state index in [4.69, 9.17) is 0 Å². The number of aromatic nitrogens is 4. The van der Waals surface area contributed by atoms with E-state index in [-0.39, 0.29) is 11.8 Å². The largest absolute Gasteiger partial charge is 0.357 e. The normalized spacial score (nSPS) is 14.0. The number of benzene rings is 1. The lowest BCUT2D eigenvalue weighted by Crippen LogP contribution is -2.50. The molecule has 27 heavy (non-hydrogen) atoms. The molecule has 2 amide bonds. The number of amides is 2. The number of carbonyl (C=O) groups excluding carboxylic acids is 2. The van der Waals surface area contributed by atoms with E-state index < -0.39 is 0 Å². The number of hydrogen-bond donors (Lipinski definition) is 3. The van der Waals surface area contributed by atoms with E-state index in [1.807, 2.05) is 23.1 Å². The number of likely N-dealkylation sites (tertiary alicyclic amines) is 1. The van der Waals surface area contributed by atoms with E-state index in [1.165, 1.54) is 0 Å². The molecule has 1 aliphatic rings. The maximum atomic E-state index is 12.2. The third kappa shape index (κ3) is 3.74. The van der Waals surface area contributed by atoms with Gasteiger partial charge in [0.1, 0.15) is 11.4 Å². The maximum Gasteiger partial charge on any atom is 0.270 e. The van der Waals surface area contributed by atoms with Crippen LogP contribution in [0.5, 0.6) is 0 Å². The lowest BCUT2D eigenvalue weighted by molar-refractivity contribution is 0.0478. The first-order chi connectivity index (χ1) is 13.2. The Morgan fingerprint density at radius 3 is 2.67 bits per heavy atom. The van der Waals surface area contributed by atoms with Gasteiger partial charge in [-0.3, -0.25) is 9.59 Å². The average Bonchev–Trinajstić information content (AvgIpc) is 3.37. The number of nitrogens with zero attached hydrogens (tertiary/aromatic N) is 3. The molecular weight excluding hydrogens is 344 g/mol. The highest BCUT2D eigenvalue weighted by atomic mass is 16.2. The topological polar surface area (TPSA) is 107 Å². The molecule has 1 fully saturated rings. The van der Waals surface area contributed by atoms with Gasteiger partial charge in [0.15, 0.2) is 0 Å². The molecule has 138 valence electrons. The third-order valence-electron chi connectivity index (χ3n) is 4.77. The molecule has 8 nitrogen and oxygen atoms in total. The fraction of sp³-hybridized carbons (Fsp3) is 0.263. The smallest absolute Gasteiger partial charge is 0.270 e. The predicted octanol–water partition coefficient (Wildman–Crippen LogP) is 1.69. The molecule has 0 aliphatic carbocycles. The van der Waals surface area contributed by atoms with Crippen LogP contribution in [0.4, 0.5) is 0 Å². The van der Waals surface area contributed by atoms with Gasteiger partial charge in [-0.25, -0.2) is 0 Å². The van der Waals surface area contributed by atoms with Gasteiger partial charge in [-0.15, -0.1) is 0 Å². The van der Waals surface area contributed by atoms with Gasteiger partial charge in [-0.1, -0.05) is 12.1 Å². The fourth-order valence-electron chi connectivity index (χ4n) is 3.18. The van der Waals surface area contributed by atoms with E-state index >= 15 is 0 Å². The summed E-state index contributed by atoms with van der Waals surface area (Å²) in [4.78, 5) is 29.1. The molecule has 0 spiro atoms. The Kier molecular flexibility index (Phi) is 4.69. The Morgan fingerprint density at radius 2 is 2.00 bits per heavy atom. The van der Waals surface area contributed by atoms with Gasteiger partial charge in [0.05, 0.1) is 6.20 Å². The first-order valence-corrected chi connectivity index (χ1v) is 8.88. The molecule has 0 atom stereocenters. The molecule has 0 radical (unpaired) electrons. The lowest BCUT2D eigenvalue weighted by Gasteiger charge is -2.39. The summed E-state index contributed by atoms with van der Waals surface area (Å²) in [5.74, 6) is 0.367. The van der Waals surface area contributed by atoms with Gasteiger partial charge in [-0.2, -0.15) is 15.4 Å². The Bertz CT molecular complexity index is 896. The zero-order valence-corrected chi connectivity index (χ0v) is 14.7. The second-order valence-electron chi connectivity index (χ2n) is 6.64. The quantitative estimate of drug-likeness (QED) is 0.619. The zero-order valence-electron chi connectivity index (χ0n) is 14.7. The average molecular weight is 364 g/mol. The SMILES string of the molecule is O=C(NCCC1CN(C(=O)c2ccc[nH]2)C1)c1ccc(-c2cn[nH]n2)cc1. The van der Waals surface area contributed by atoms with Crippen LogP contribution in [0.25, 0.3) is 11.3 Å². The van der Waals surface area contributed by atoms with E-state index in [1.54, 1.807) is 30.6 Å². The highest BCUT2D eigenvalue weighted by molar-refractivity contribution is 5.94. The molecular formula is C19H20N6O2. The zero-order chi connectivity index (χ0) is 18.6. The van der Waals surface area contributed by atoms with E-state index in [9.17, 15) is 9.59 Å². The number of aromatic amines is 2. The van der Waals surface area contributed by atoms with Crippen LogP contribution in [0, 0.1) is 5.92 Å². The van der Waals surface area contributed by atoms with Crippen LogP contribution in [0.2, 0.25) is 0 Å². The summed E-state index contributed by atoms with van der Waals surface area (Å²) in [6.45, 7) is 2.07. The van der Waals surface area contributed by atoms with Crippen LogP contribution >= 0.6 is 0 Å². The van der Waals surface area contributed by atoms with Crippen molar-refractivity contribution in [3.63, 3.8) is 0 Å². The first kappa shape index (κ1) is 17.0. The minimum Gasteiger partial charge on any atom is -0.357 e. The summed E-state index contributed by atoms with van der Waals surface area (Å²) in [7, 11) is 0. The Morgan fingerprint density at radius 1 is 1.19 bits per heavy atom. The van der Waals surface area contributed by atoms with Crippen LogP contribution in [-0.4, -0.2) is 56.7 Å². The molecule has 1 saturated heterocycles. The summed E-state index contributed by atoms with van der Waals surface area (Å²) < 4.78 is 0. The molecule has 3 aromatic rings.